The van der Waals surface area contributed by atoms with E-state index < -0.39 is 0 Å². The van der Waals surface area contributed by atoms with Gasteiger partial charge in [0.1, 0.15) is 5.03 Å². The van der Waals surface area contributed by atoms with Crippen LogP contribution in [0.4, 0.5) is 5.13 Å². The number of anilines is 1. The highest BCUT2D eigenvalue weighted by Crippen LogP contribution is 2.27. The highest BCUT2D eigenvalue weighted by molar-refractivity contribution is 8.00. The molecule has 1 aromatic carbocycles. The number of nitrogens with zero attached hydrogens (tertiary/aromatic N) is 2. The first-order valence-electron chi connectivity index (χ1n) is 8.24. The van der Waals surface area contributed by atoms with E-state index in [1.54, 1.807) is 0 Å². The lowest BCUT2D eigenvalue weighted by Gasteiger charge is -2.10. The van der Waals surface area contributed by atoms with Crippen molar-refractivity contribution in [2.24, 2.45) is 0 Å². The molecule has 0 spiro atoms. The van der Waals surface area contributed by atoms with Gasteiger partial charge in [0.15, 0.2) is 5.13 Å². The molecule has 1 N–H and O–H groups in total. The molecule has 0 aliphatic carbocycles. The van der Waals surface area contributed by atoms with E-state index in [4.69, 9.17) is 4.98 Å². The van der Waals surface area contributed by atoms with E-state index in [1.165, 1.54) is 28.7 Å². The number of nitrogens with one attached hydrogen (secondary N) is 1. The van der Waals surface area contributed by atoms with Crippen LogP contribution >= 0.6 is 23.1 Å². The minimum Gasteiger partial charge on any atom is -0.301 e. The predicted molar refractivity (Wildman–Crippen MR) is 107 cm³/mol. The predicted octanol–water partition coefficient (Wildman–Crippen LogP) is 4.91. The topological polar surface area (TPSA) is 54.9 Å². The molecular weight excluding hydrogens is 350 g/mol. The molecule has 0 saturated heterocycles. The van der Waals surface area contributed by atoms with Crippen molar-refractivity contribution in [2.75, 3.05) is 11.1 Å². The first-order valence-corrected chi connectivity index (χ1v) is 10.0. The minimum absolute atomic E-state index is 0.0486. The number of thioether (sulfide) groups is 1. The van der Waals surface area contributed by atoms with Gasteiger partial charge >= 0.3 is 0 Å². The number of carbonyl (C=O) groups excluding carboxylic acids is 1. The van der Waals surface area contributed by atoms with Gasteiger partial charge in [-0.25, -0.2) is 9.97 Å². The Labute approximate surface area is 156 Å². The van der Waals surface area contributed by atoms with Crippen LogP contribution in [0.3, 0.4) is 0 Å². The van der Waals surface area contributed by atoms with Crippen LogP contribution in [0.5, 0.6) is 0 Å². The van der Waals surface area contributed by atoms with Crippen LogP contribution < -0.4 is 5.32 Å². The Hall–Kier alpha value is -1.92. The summed E-state index contributed by atoms with van der Waals surface area (Å²) in [4.78, 5) is 22.5. The Morgan fingerprint density at radius 1 is 1.24 bits per heavy atom. The van der Waals surface area contributed by atoms with Crippen molar-refractivity contribution in [3.05, 3.63) is 46.0 Å². The van der Waals surface area contributed by atoms with Gasteiger partial charge in [0.05, 0.1) is 17.0 Å². The molecule has 0 aliphatic rings. The van der Waals surface area contributed by atoms with Crippen LogP contribution in [0.15, 0.2) is 29.3 Å². The summed E-state index contributed by atoms with van der Waals surface area (Å²) >= 11 is 3.00. The first-order chi connectivity index (χ1) is 12.0. The summed E-state index contributed by atoms with van der Waals surface area (Å²) in [7, 11) is 0. The van der Waals surface area contributed by atoms with E-state index in [0.29, 0.717) is 10.9 Å². The lowest BCUT2D eigenvalue weighted by Crippen LogP contribution is -2.14. The molecule has 0 fully saturated rings. The van der Waals surface area contributed by atoms with Gasteiger partial charge in [-0.05, 0) is 44.4 Å². The molecule has 0 radical (unpaired) electrons. The number of thiazole rings is 1. The Morgan fingerprint density at radius 3 is 2.72 bits per heavy atom. The maximum absolute atomic E-state index is 12.2. The molecule has 0 aliphatic heterocycles. The van der Waals surface area contributed by atoms with Crippen LogP contribution in [-0.4, -0.2) is 21.6 Å². The minimum atomic E-state index is -0.0486. The number of rotatable bonds is 5. The van der Waals surface area contributed by atoms with Gasteiger partial charge in [-0.1, -0.05) is 36.9 Å². The van der Waals surface area contributed by atoms with Crippen LogP contribution in [0.2, 0.25) is 0 Å². The number of carbonyl (C=O) groups is 1. The highest BCUT2D eigenvalue weighted by Gasteiger charge is 2.12. The van der Waals surface area contributed by atoms with Gasteiger partial charge in [-0.2, -0.15) is 0 Å². The van der Waals surface area contributed by atoms with E-state index in [-0.39, 0.29) is 5.91 Å². The van der Waals surface area contributed by atoms with Crippen LogP contribution in [-0.2, 0) is 11.2 Å². The third-order valence-corrected chi connectivity index (χ3v) is 6.10. The van der Waals surface area contributed by atoms with Crippen LogP contribution in [0.1, 0.15) is 28.6 Å². The second-order valence-corrected chi connectivity index (χ2v) is 8.12. The van der Waals surface area contributed by atoms with Crippen LogP contribution in [0.25, 0.3) is 10.9 Å². The van der Waals surface area contributed by atoms with E-state index in [9.17, 15) is 4.79 Å². The molecule has 25 heavy (non-hydrogen) atoms. The number of hydrogen-bond donors (Lipinski definition) is 1. The molecule has 1 amide bonds. The maximum Gasteiger partial charge on any atom is 0.236 e. The molecule has 2 heterocycles. The van der Waals surface area contributed by atoms with Gasteiger partial charge in [-0.3, -0.25) is 4.79 Å². The number of amides is 1. The fourth-order valence-corrected chi connectivity index (χ4v) is 4.28. The van der Waals surface area contributed by atoms with Crippen molar-refractivity contribution >= 4 is 45.0 Å². The van der Waals surface area contributed by atoms with Gasteiger partial charge in [-0.15, -0.1) is 11.3 Å². The van der Waals surface area contributed by atoms with E-state index in [2.05, 4.69) is 48.4 Å². The number of para-hydroxylation sites is 1. The summed E-state index contributed by atoms with van der Waals surface area (Å²) in [5.41, 5.74) is 4.30. The van der Waals surface area contributed by atoms with Crippen molar-refractivity contribution < 1.29 is 4.79 Å². The second kappa shape index (κ2) is 7.54. The average Bonchev–Trinajstić information content (AvgIpc) is 2.90. The summed E-state index contributed by atoms with van der Waals surface area (Å²) in [6, 6.07) is 8.39. The molecule has 130 valence electrons. The van der Waals surface area contributed by atoms with Crippen molar-refractivity contribution in [2.45, 2.75) is 39.1 Å². The van der Waals surface area contributed by atoms with Crippen molar-refractivity contribution in [1.29, 1.82) is 0 Å². The number of hydrogen-bond acceptors (Lipinski definition) is 5. The molecular formula is C19H21N3OS2. The standard InChI is InChI=1S/C19H21N3OS2/c1-5-14-9-15-8-6-7-11(2)17(15)22-18(14)24-10-16(23)21-19-20-12(3)13(4)25-19/h6-9H,5,10H2,1-4H3,(H,20,21,23). The van der Waals surface area contributed by atoms with E-state index >= 15 is 0 Å². The quantitative estimate of drug-likeness (QED) is 0.648. The number of fused-ring (bicyclic) bond motifs is 1. The number of aryl methyl sites for hydroxylation is 4. The summed E-state index contributed by atoms with van der Waals surface area (Å²) < 4.78 is 0. The molecule has 3 aromatic rings. The Bertz CT molecular complexity index is 914. The zero-order valence-electron chi connectivity index (χ0n) is 14.8. The first kappa shape index (κ1) is 17.9. The second-order valence-electron chi connectivity index (χ2n) is 5.95. The molecule has 0 unspecified atom stereocenters. The normalized spacial score (nSPS) is 11.0. The Kier molecular flexibility index (Phi) is 5.39. The van der Waals surface area contributed by atoms with Crippen molar-refractivity contribution in [3.8, 4) is 0 Å². The zero-order chi connectivity index (χ0) is 18.0. The van der Waals surface area contributed by atoms with E-state index in [1.807, 2.05) is 13.8 Å². The number of pyridine rings is 1. The Balaban J connectivity index is 1.75. The maximum atomic E-state index is 12.2. The van der Waals surface area contributed by atoms with Crippen molar-refractivity contribution in [3.63, 3.8) is 0 Å². The molecule has 3 rings (SSSR count). The summed E-state index contributed by atoms with van der Waals surface area (Å²) in [6.07, 6.45) is 0.895. The molecule has 6 heteroatoms. The van der Waals surface area contributed by atoms with Gasteiger partial charge in [0.2, 0.25) is 5.91 Å². The Morgan fingerprint density at radius 2 is 2.04 bits per heavy atom. The largest absolute Gasteiger partial charge is 0.301 e. The summed E-state index contributed by atoms with van der Waals surface area (Å²) in [6.45, 7) is 8.14. The molecule has 0 bridgehead atoms. The highest BCUT2D eigenvalue weighted by atomic mass is 32.2. The fraction of sp³-hybridized carbons (Fsp3) is 0.316. The molecule has 4 nitrogen and oxygen atoms in total. The van der Waals surface area contributed by atoms with E-state index in [0.717, 1.165) is 38.5 Å². The smallest absolute Gasteiger partial charge is 0.236 e. The summed E-state index contributed by atoms with van der Waals surface area (Å²) in [5.74, 6) is 0.280. The third kappa shape index (κ3) is 4.02. The van der Waals surface area contributed by atoms with Gasteiger partial charge in [0.25, 0.3) is 0 Å². The lowest BCUT2D eigenvalue weighted by molar-refractivity contribution is -0.113. The molecule has 0 saturated carbocycles. The van der Waals surface area contributed by atoms with Gasteiger partial charge < -0.3 is 5.32 Å². The molecule has 2 aromatic heterocycles. The zero-order valence-corrected chi connectivity index (χ0v) is 16.5. The lowest BCUT2D eigenvalue weighted by atomic mass is 10.1. The van der Waals surface area contributed by atoms with Crippen molar-refractivity contribution in [1.82, 2.24) is 9.97 Å². The molecule has 0 atom stereocenters. The number of aromatic nitrogens is 2. The average molecular weight is 372 g/mol. The monoisotopic (exact) mass is 371 g/mol. The third-order valence-electron chi connectivity index (χ3n) is 4.08. The van der Waals surface area contributed by atoms with Crippen LogP contribution in [0, 0.1) is 20.8 Å². The van der Waals surface area contributed by atoms with Gasteiger partial charge in [0, 0.05) is 10.3 Å². The summed E-state index contributed by atoms with van der Waals surface area (Å²) in [5, 5.41) is 5.63. The number of benzene rings is 1. The fourth-order valence-electron chi connectivity index (χ4n) is 2.57. The SMILES string of the molecule is CCc1cc2cccc(C)c2nc1SCC(=O)Nc1nc(C)c(C)s1.